The van der Waals surface area contributed by atoms with Crippen molar-refractivity contribution in [1.29, 1.82) is 0 Å². The third kappa shape index (κ3) is 2.52. The van der Waals surface area contributed by atoms with Crippen molar-refractivity contribution in [3.63, 3.8) is 0 Å². The summed E-state index contributed by atoms with van der Waals surface area (Å²) in [6.07, 6.45) is 2.00. The molecule has 1 aromatic rings. The lowest BCUT2D eigenvalue weighted by molar-refractivity contribution is 0.626. The van der Waals surface area contributed by atoms with Crippen molar-refractivity contribution >= 4 is 28.2 Å². The molecular formula is C11H19N3S2. The largest absolute Gasteiger partial charge is 0.343 e. The molecule has 1 N–H and O–H groups in total. The van der Waals surface area contributed by atoms with E-state index in [1.165, 1.54) is 15.8 Å². The van der Waals surface area contributed by atoms with Crippen LogP contribution in [0.5, 0.6) is 0 Å². The molecule has 0 amide bonds. The van der Waals surface area contributed by atoms with Crippen LogP contribution in [0.4, 0.5) is 5.13 Å². The predicted molar refractivity (Wildman–Crippen MR) is 73.6 cm³/mol. The smallest absolute Gasteiger partial charge is 0.185 e. The van der Waals surface area contributed by atoms with E-state index in [1.807, 2.05) is 24.6 Å². The van der Waals surface area contributed by atoms with E-state index in [0.717, 1.165) is 13.1 Å². The number of rotatable bonds is 3. The minimum Gasteiger partial charge on any atom is -0.343 e. The average molecular weight is 257 g/mol. The summed E-state index contributed by atoms with van der Waals surface area (Å²) in [5.74, 6) is 1.21. The molecule has 16 heavy (non-hydrogen) atoms. The van der Waals surface area contributed by atoms with Gasteiger partial charge in [0, 0.05) is 41.2 Å². The topological polar surface area (TPSA) is 28.2 Å². The molecule has 2 rings (SSSR count). The Bertz CT molecular complexity index is 340. The Kier molecular flexibility index (Phi) is 4.10. The molecule has 1 saturated heterocycles. The van der Waals surface area contributed by atoms with Crippen LogP contribution in [0.15, 0.2) is 6.20 Å². The molecule has 1 aromatic heterocycles. The summed E-state index contributed by atoms with van der Waals surface area (Å²) in [5, 5.41) is 5.05. The minimum absolute atomic E-state index is 0.590. The molecule has 1 aliphatic heterocycles. The number of anilines is 1. The van der Waals surface area contributed by atoms with Crippen molar-refractivity contribution < 1.29 is 0 Å². The third-order valence-corrected chi connectivity index (χ3v) is 5.39. The lowest BCUT2D eigenvalue weighted by Crippen LogP contribution is -2.44. The first-order valence-corrected chi connectivity index (χ1v) is 7.56. The molecule has 90 valence electrons. The fraction of sp³-hybridized carbons (Fsp3) is 0.727. The molecule has 0 radical (unpaired) electrons. The van der Waals surface area contributed by atoms with Crippen LogP contribution in [0.1, 0.15) is 18.7 Å². The second kappa shape index (κ2) is 5.38. The van der Waals surface area contributed by atoms with Gasteiger partial charge in [-0.25, -0.2) is 4.98 Å². The molecule has 2 atom stereocenters. The third-order valence-electron chi connectivity index (χ3n) is 3.02. The predicted octanol–water partition coefficient (Wildman–Crippen LogP) is 2.19. The second-order valence-corrected chi connectivity index (χ2v) is 6.73. The zero-order valence-corrected chi connectivity index (χ0v) is 11.7. The molecule has 0 aromatic carbocycles. The number of thiazole rings is 1. The Labute approximate surface area is 106 Å². The number of hydrogen-bond donors (Lipinski definition) is 1. The van der Waals surface area contributed by atoms with E-state index < -0.39 is 0 Å². The molecule has 1 fully saturated rings. The monoisotopic (exact) mass is 257 g/mol. The Hall–Kier alpha value is -0.260. The zero-order valence-electron chi connectivity index (χ0n) is 10.1. The Morgan fingerprint density at radius 2 is 2.38 bits per heavy atom. The van der Waals surface area contributed by atoms with Crippen LogP contribution in [0.2, 0.25) is 0 Å². The van der Waals surface area contributed by atoms with Crippen LogP contribution in [-0.2, 0) is 6.54 Å². The molecule has 2 unspecified atom stereocenters. The molecule has 0 spiro atoms. The summed E-state index contributed by atoms with van der Waals surface area (Å²) < 4.78 is 0. The van der Waals surface area contributed by atoms with Gasteiger partial charge in [-0.3, -0.25) is 0 Å². The molecule has 5 heteroatoms. The van der Waals surface area contributed by atoms with Gasteiger partial charge < -0.3 is 10.2 Å². The summed E-state index contributed by atoms with van der Waals surface area (Å²) in [4.78, 5) is 8.30. The first-order chi connectivity index (χ1) is 7.72. The van der Waals surface area contributed by atoms with Crippen molar-refractivity contribution in [3.8, 4) is 0 Å². The Balaban J connectivity index is 2.09. The van der Waals surface area contributed by atoms with Crippen LogP contribution >= 0.6 is 23.1 Å². The molecule has 1 aliphatic rings. The maximum atomic E-state index is 4.54. The Morgan fingerprint density at radius 1 is 1.56 bits per heavy atom. The van der Waals surface area contributed by atoms with E-state index in [-0.39, 0.29) is 0 Å². The molecule has 3 nitrogen and oxygen atoms in total. The van der Waals surface area contributed by atoms with E-state index in [9.17, 15) is 0 Å². The molecule has 0 aliphatic carbocycles. The zero-order chi connectivity index (χ0) is 11.5. The molecule has 2 heterocycles. The van der Waals surface area contributed by atoms with Crippen LogP contribution in [0.3, 0.4) is 0 Å². The standard InChI is InChI=1S/C11H19N3S2/c1-8-9(2)15-5-4-14(8)11-13-7-10(16-11)6-12-3/h7-9,12H,4-6H2,1-3H3. The summed E-state index contributed by atoms with van der Waals surface area (Å²) in [7, 11) is 1.97. The van der Waals surface area contributed by atoms with Gasteiger partial charge in [0.2, 0.25) is 0 Å². The van der Waals surface area contributed by atoms with Crippen LogP contribution in [0, 0.1) is 0 Å². The lowest BCUT2D eigenvalue weighted by atomic mass is 10.2. The quantitative estimate of drug-likeness (QED) is 0.898. The summed E-state index contributed by atoms with van der Waals surface area (Å²) in [5.41, 5.74) is 0. The minimum atomic E-state index is 0.590. The van der Waals surface area contributed by atoms with Crippen molar-refractivity contribution in [1.82, 2.24) is 10.3 Å². The van der Waals surface area contributed by atoms with Gasteiger partial charge in [0.1, 0.15) is 0 Å². The average Bonchev–Trinajstić information content (AvgIpc) is 2.71. The van der Waals surface area contributed by atoms with Gasteiger partial charge in [-0.15, -0.1) is 11.3 Å². The summed E-state index contributed by atoms with van der Waals surface area (Å²) >= 11 is 3.88. The number of nitrogens with zero attached hydrogens (tertiary/aromatic N) is 2. The lowest BCUT2D eigenvalue weighted by Gasteiger charge is -2.37. The van der Waals surface area contributed by atoms with Crippen LogP contribution in [-0.4, -0.2) is 35.6 Å². The molecular weight excluding hydrogens is 238 g/mol. The van der Waals surface area contributed by atoms with E-state index in [1.54, 1.807) is 0 Å². The van der Waals surface area contributed by atoms with Gasteiger partial charge >= 0.3 is 0 Å². The normalized spacial score (nSPS) is 26.1. The van der Waals surface area contributed by atoms with Gasteiger partial charge in [0.15, 0.2) is 5.13 Å². The Morgan fingerprint density at radius 3 is 3.12 bits per heavy atom. The van der Waals surface area contributed by atoms with Crippen molar-refractivity contribution in [2.45, 2.75) is 31.7 Å². The van der Waals surface area contributed by atoms with E-state index in [4.69, 9.17) is 0 Å². The summed E-state index contributed by atoms with van der Waals surface area (Å²) in [6, 6.07) is 0.590. The number of hydrogen-bond acceptors (Lipinski definition) is 5. The number of nitrogens with one attached hydrogen (secondary N) is 1. The molecule has 0 bridgehead atoms. The van der Waals surface area contributed by atoms with Crippen molar-refractivity contribution in [3.05, 3.63) is 11.1 Å². The van der Waals surface area contributed by atoms with Crippen molar-refractivity contribution in [2.75, 3.05) is 24.2 Å². The van der Waals surface area contributed by atoms with E-state index in [2.05, 4.69) is 40.8 Å². The second-order valence-electron chi connectivity index (χ2n) is 4.15. The van der Waals surface area contributed by atoms with E-state index in [0.29, 0.717) is 11.3 Å². The highest BCUT2D eigenvalue weighted by Crippen LogP contribution is 2.31. The van der Waals surface area contributed by atoms with Gasteiger partial charge in [-0.1, -0.05) is 6.92 Å². The highest BCUT2D eigenvalue weighted by atomic mass is 32.2. The maximum Gasteiger partial charge on any atom is 0.185 e. The SMILES string of the molecule is CNCc1cnc(N2CCSC(C)C2C)s1. The van der Waals surface area contributed by atoms with E-state index >= 15 is 0 Å². The fourth-order valence-electron chi connectivity index (χ4n) is 1.89. The highest BCUT2D eigenvalue weighted by Gasteiger charge is 2.26. The highest BCUT2D eigenvalue weighted by molar-refractivity contribution is 8.00. The first kappa shape index (κ1) is 12.2. The van der Waals surface area contributed by atoms with Gasteiger partial charge in [0.05, 0.1) is 0 Å². The van der Waals surface area contributed by atoms with Gasteiger partial charge in [-0.2, -0.15) is 11.8 Å². The number of thioether (sulfide) groups is 1. The summed E-state index contributed by atoms with van der Waals surface area (Å²) in [6.45, 7) is 6.66. The van der Waals surface area contributed by atoms with Crippen LogP contribution < -0.4 is 10.2 Å². The molecule has 0 saturated carbocycles. The number of aromatic nitrogens is 1. The van der Waals surface area contributed by atoms with Crippen LogP contribution in [0.25, 0.3) is 0 Å². The van der Waals surface area contributed by atoms with Gasteiger partial charge in [0.25, 0.3) is 0 Å². The van der Waals surface area contributed by atoms with Gasteiger partial charge in [-0.05, 0) is 14.0 Å². The first-order valence-electron chi connectivity index (χ1n) is 5.70. The maximum absolute atomic E-state index is 4.54. The van der Waals surface area contributed by atoms with Crippen molar-refractivity contribution in [2.24, 2.45) is 0 Å². The fourth-order valence-corrected chi connectivity index (χ4v) is 4.02.